The van der Waals surface area contributed by atoms with E-state index in [0.717, 1.165) is 17.7 Å². The van der Waals surface area contributed by atoms with Crippen molar-refractivity contribution in [2.75, 3.05) is 19.7 Å². The Morgan fingerprint density at radius 1 is 1.05 bits per heavy atom. The molecule has 0 spiro atoms. The third-order valence-electron chi connectivity index (χ3n) is 6.47. The van der Waals surface area contributed by atoms with Crippen LogP contribution in [0, 0.1) is 11.7 Å². The summed E-state index contributed by atoms with van der Waals surface area (Å²) >= 11 is 0. The average Bonchev–Trinajstić information content (AvgIpc) is 3.38. The average molecular weight is 548 g/mol. The lowest BCUT2D eigenvalue weighted by atomic mass is 9.98. The fourth-order valence-corrected chi connectivity index (χ4v) is 4.52. The van der Waals surface area contributed by atoms with Crippen molar-refractivity contribution in [3.8, 4) is 0 Å². The van der Waals surface area contributed by atoms with Crippen LogP contribution in [0.1, 0.15) is 52.8 Å². The number of hydrogen-bond acceptors (Lipinski definition) is 6. The molecule has 0 radical (unpaired) electrons. The summed E-state index contributed by atoms with van der Waals surface area (Å²) in [6.07, 6.45) is -1.86. The number of oxazole rings is 1. The van der Waals surface area contributed by atoms with Crippen LogP contribution in [0.25, 0.3) is 0 Å². The lowest BCUT2D eigenvalue weighted by Crippen LogP contribution is -2.43. The van der Waals surface area contributed by atoms with E-state index in [9.17, 15) is 27.2 Å². The highest BCUT2D eigenvalue weighted by atomic mass is 19.4. The van der Waals surface area contributed by atoms with Crippen LogP contribution in [-0.2, 0) is 35.3 Å². The summed E-state index contributed by atoms with van der Waals surface area (Å²) in [6, 6.07) is 10.8. The van der Waals surface area contributed by atoms with Crippen LogP contribution in [0.3, 0.4) is 0 Å². The van der Waals surface area contributed by atoms with E-state index in [-0.39, 0.29) is 61.4 Å². The number of nitrogens with zero attached hydrogens (tertiary/aromatic N) is 3. The van der Waals surface area contributed by atoms with Gasteiger partial charge in [0.25, 0.3) is 5.91 Å². The van der Waals surface area contributed by atoms with Crippen molar-refractivity contribution in [1.29, 1.82) is 0 Å². The molecule has 1 unspecified atom stereocenters. The molecule has 1 atom stereocenters. The highest BCUT2D eigenvalue weighted by Gasteiger charge is 2.31. The molecule has 208 valence electrons. The van der Waals surface area contributed by atoms with Gasteiger partial charge >= 0.3 is 12.1 Å². The van der Waals surface area contributed by atoms with Gasteiger partial charge in [-0.3, -0.25) is 14.5 Å². The number of alkyl halides is 3. The lowest BCUT2D eigenvalue weighted by molar-refractivity contribution is -0.149. The van der Waals surface area contributed by atoms with E-state index < -0.39 is 11.7 Å². The zero-order chi connectivity index (χ0) is 28.0. The molecule has 3 aromatic rings. The molecule has 11 heteroatoms. The minimum absolute atomic E-state index is 0.103. The van der Waals surface area contributed by atoms with Gasteiger partial charge in [-0.15, -0.1) is 0 Å². The minimum atomic E-state index is -4.43. The lowest BCUT2D eigenvalue weighted by Gasteiger charge is -2.30. The van der Waals surface area contributed by atoms with E-state index >= 15 is 0 Å². The summed E-state index contributed by atoms with van der Waals surface area (Å²) in [5.41, 5.74) is 0.775. The smallest absolute Gasteiger partial charge is 0.416 e. The summed E-state index contributed by atoms with van der Waals surface area (Å²) in [5.74, 6) is -1.20. The topological polar surface area (TPSA) is 75.9 Å². The molecule has 0 N–H and O–H groups in total. The molecule has 1 fully saturated rings. The number of esters is 1. The van der Waals surface area contributed by atoms with E-state index in [0.29, 0.717) is 31.5 Å². The Kier molecular flexibility index (Phi) is 9.01. The highest BCUT2D eigenvalue weighted by molar-refractivity contribution is 5.92. The molecular formula is C28H29F4N3O4. The Morgan fingerprint density at radius 2 is 1.69 bits per heavy atom. The third kappa shape index (κ3) is 7.66. The van der Waals surface area contributed by atoms with E-state index in [1.165, 1.54) is 30.5 Å². The standard InChI is InChI=1S/C28H29F4N3O4/c1-2-38-27(37)21-4-3-13-35(16-21)26(36)24-18-39-25(33-24)17-34(15-20-7-11-23(29)12-8-20)14-19-5-9-22(10-6-19)28(30,31)32/h5-12,18,21H,2-4,13-17H2,1H3. The van der Waals surface area contributed by atoms with Crippen LogP contribution >= 0.6 is 0 Å². The van der Waals surface area contributed by atoms with E-state index in [1.54, 1.807) is 24.0 Å². The molecule has 2 heterocycles. The fourth-order valence-electron chi connectivity index (χ4n) is 4.52. The van der Waals surface area contributed by atoms with Gasteiger partial charge in [0.05, 0.1) is 24.6 Å². The van der Waals surface area contributed by atoms with Crippen LogP contribution in [0.2, 0.25) is 0 Å². The van der Waals surface area contributed by atoms with Gasteiger partial charge in [-0.05, 0) is 55.2 Å². The number of rotatable bonds is 9. The Bertz CT molecular complexity index is 1260. The van der Waals surface area contributed by atoms with Crippen molar-refractivity contribution < 1.29 is 36.3 Å². The number of carbonyl (C=O) groups is 2. The van der Waals surface area contributed by atoms with Crippen LogP contribution in [-0.4, -0.2) is 46.4 Å². The maximum atomic E-state index is 13.4. The van der Waals surface area contributed by atoms with Gasteiger partial charge in [0.2, 0.25) is 5.89 Å². The first-order chi connectivity index (χ1) is 18.6. The number of hydrogen-bond donors (Lipinski definition) is 0. The molecule has 0 saturated carbocycles. The van der Waals surface area contributed by atoms with Gasteiger partial charge in [0.1, 0.15) is 12.1 Å². The largest absolute Gasteiger partial charge is 0.466 e. The van der Waals surface area contributed by atoms with Gasteiger partial charge in [0.15, 0.2) is 5.69 Å². The van der Waals surface area contributed by atoms with Crippen molar-refractivity contribution in [3.63, 3.8) is 0 Å². The SMILES string of the molecule is CCOC(=O)C1CCCN(C(=O)c2coc(CN(Cc3ccc(F)cc3)Cc3ccc(C(F)(F)F)cc3)n2)C1. The highest BCUT2D eigenvalue weighted by Crippen LogP contribution is 2.29. The van der Waals surface area contributed by atoms with E-state index in [2.05, 4.69) is 4.98 Å². The van der Waals surface area contributed by atoms with Crippen LogP contribution in [0.15, 0.2) is 59.2 Å². The van der Waals surface area contributed by atoms with Gasteiger partial charge in [0, 0.05) is 26.2 Å². The van der Waals surface area contributed by atoms with Gasteiger partial charge in [-0.2, -0.15) is 13.2 Å². The second-order valence-electron chi connectivity index (χ2n) is 9.44. The second-order valence-corrected chi connectivity index (χ2v) is 9.44. The third-order valence-corrected chi connectivity index (χ3v) is 6.47. The van der Waals surface area contributed by atoms with Crippen LogP contribution < -0.4 is 0 Å². The molecule has 39 heavy (non-hydrogen) atoms. The number of piperidine rings is 1. The zero-order valence-corrected chi connectivity index (χ0v) is 21.4. The van der Waals surface area contributed by atoms with Gasteiger partial charge in [-0.25, -0.2) is 9.37 Å². The number of aromatic nitrogens is 1. The summed E-state index contributed by atoms with van der Waals surface area (Å²) < 4.78 is 63.0. The molecule has 1 aliphatic heterocycles. The van der Waals surface area contributed by atoms with Gasteiger partial charge < -0.3 is 14.1 Å². The number of ether oxygens (including phenoxy) is 1. The van der Waals surface area contributed by atoms with E-state index in [4.69, 9.17) is 9.15 Å². The molecule has 1 aliphatic rings. The fraction of sp³-hybridized carbons (Fsp3) is 0.393. The maximum absolute atomic E-state index is 13.4. The number of carbonyl (C=O) groups excluding carboxylic acids is 2. The molecule has 0 bridgehead atoms. The Balaban J connectivity index is 1.47. The Labute approximate surface area is 223 Å². The molecular weight excluding hydrogens is 518 g/mol. The molecule has 7 nitrogen and oxygen atoms in total. The molecule has 0 aliphatic carbocycles. The molecule has 1 saturated heterocycles. The summed E-state index contributed by atoms with van der Waals surface area (Å²) in [4.78, 5) is 33.0. The molecule has 2 aromatic carbocycles. The van der Waals surface area contributed by atoms with Crippen molar-refractivity contribution in [2.45, 2.75) is 45.6 Å². The number of likely N-dealkylation sites (tertiary alicyclic amines) is 1. The summed E-state index contributed by atoms with van der Waals surface area (Å²) in [7, 11) is 0. The Hall–Kier alpha value is -3.73. The van der Waals surface area contributed by atoms with Crippen LogP contribution in [0.4, 0.5) is 17.6 Å². The number of benzene rings is 2. The van der Waals surface area contributed by atoms with Crippen LogP contribution in [0.5, 0.6) is 0 Å². The van der Waals surface area contributed by atoms with Crippen molar-refractivity contribution in [3.05, 3.63) is 88.9 Å². The predicted molar refractivity (Wildman–Crippen MR) is 133 cm³/mol. The van der Waals surface area contributed by atoms with Crippen molar-refractivity contribution in [1.82, 2.24) is 14.8 Å². The number of amides is 1. The number of halogens is 4. The zero-order valence-electron chi connectivity index (χ0n) is 21.4. The van der Waals surface area contributed by atoms with Gasteiger partial charge in [-0.1, -0.05) is 24.3 Å². The molecule has 1 amide bonds. The monoisotopic (exact) mass is 547 g/mol. The first-order valence-electron chi connectivity index (χ1n) is 12.7. The summed E-state index contributed by atoms with van der Waals surface area (Å²) in [6.45, 7) is 3.48. The molecule has 4 rings (SSSR count). The Morgan fingerprint density at radius 3 is 2.31 bits per heavy atom. The van der Waals surface area contributed by atoms with Crippen molar-refractivity contribution in [2.24, 2.45) is 5.92 Å². The second kappa shape index (κ2) is 12.4. The normalized spacial score (nSPS) is 15.9. The first-order valence-corrected chi connectivity index (χ1v) is 12.7. The molecule has 1 aromatic heterocycles. The van der Waals surface area contributed by atoms with E-state index in [1.807, 2.05) is 4.90 Å². The maximum Gasteiger partial charge on any atom is 0.416 e. The predicted octanol–water partition coefficient (Wildman–Crippen LogP) is 5.45. The van der Waals surface area contributed by atoms with Crippen molar-refractivity contribution >= 4 is 11.9 Å². The quantitative estimate of drug-likeness (QED) is 0.262. The summed E-state index contributed by atoms with van der Waals surface area (Å²) in [5, 5.41) is 0. The first kappa shape index (κ1) is 28.3. The minimum Gasteiger partial charge on any atom is -0.466 e.